The van der Waals surface area contributed by atoms with Crippen molar-refractivity contribution in [3.63, 3.8) is 0 Å². The van der Waals surface area contributed by atoms with Crippen LogP contribution in [0.3, 0.4) is 0 Å². The van der Waals surface area contributed by atoms with Crippen molar-refractivity contribution in [2.24, 2.45) is 0 Å². The maximum Gasteiger partial charge on any atom is 0.416 e. The highest BCUT2D eigenvalue weighted by Gasteiger charge is 2.33. The van der Waals surface area contributed by atoms with E-state index in [-0.39, 0.29) is 34.7 Å². The molecule has 210 valence electrons. The third-order valence-electron chi connectivity index (χ3n) is 5.91. The zero-order valence-corrected chi connectivity index (χ0v) is 20.8. The number of hydrogen-bond donors (Lipinski definition) is 3. The summed E-state index contributed by atoms with van der Waals surface area (Å²) in [4.78, 5) is 24.5. The number of hydrogen-bond acceptors (Lipinski definition) is 8. The van der Waals surface area contributed by atoms with E-state index in [2.05, 4.69) is 25.4 Å². The van der Waals surface area contributed by atoms with Crippen LogP contribution in [0.4, 0.5) is 38.4 Å². The number of rotatable bonds is 6. The molecule has 0 aliphatic rings. The number of carbonyl (C=O) groups excluding carboxylic acids is 1. The molecule has 0 atom stereocenters. The first-order valence-electron chi connectivity index (χ1n) is 11.8. The molecule has 41 heavy (non-hydrogen) atoms. The van der Waals surface area contributed by atoms with Gasteiger partial charge in [0, 0.05) is 19.0 Å². The highest BCUT2D eigenvalue weighted by molar-refractivity contribution is 5.80. The van der Waals surface area contributed by atoms with E-state index in [1.54, 1.807) is 12.1 Å². The third kappa shape index (κ3) is 5.68. The van der Waals surface area contributed by atoms with Gasteiger partial charge in [-0.15, -0.1) is 0 Å². The Morgan fingerprint density at radius 3 is 2.32 bits per heavy atom. The third-order valence-corrected chi connectivity index (χ3v) is 5.91. The summed E-state index contributed by atoms with van der Waals surface area (Å²) in [5, 5.41) is 6.57. The first-order valence-corrected chi connectivity index (χ1v) is 11.8. The summed E-state index contributed by atoms with van der Waals surface area (Å²) in [6.45, 7) is -0.504. The van der Waals surface area contributed by atoms with E-state index in [0.29, 0.717) is 5.56 Å². The molecule has 2 aromatic carbocycles. The Balaban J connectivity index is 1.41. The Morgan fingerprint density at radius 1 is 0.976 bits per heavy atom. The molecule has 0 saturated heterocycles. The Kier molecular flexibility index (Phi) is 7.09. The minimum Gasteiger partial charge on any atom is -0.402 e. The van der Waals surface area contributed by atoms with Gasteiger partial charge in [0.05, 0.1) is 23.0 Å². The summed E-state index contributed by atoms with van der Waals surface area (Å²) in [7, 11) is 0. The molecule has 0 bridgehead atoms. The predicted molar refractivity (Wildman–Crippen MR) is 137 cm³/mol. The molecular weight excluding hydrogens is 551 g/mol. The minimum absolute atomic E-state index is 0.0125. The zero-order chi connectivity index (χ0) is 29.3. The smallest absolute Gasteiger partial charge is 0.402 e. The molecule has 1 amide bonds. The SMILES string of the molecule is Nc1nc(-n2nc(Cc3ccccc3F)c3ncc(F)cc32)nc(N)c1OC(=O)NCc1ccccc1C(F)(F)F. The van der Waals surface area contributed by atoms with Gasteiger partial charge in [-0.3, -0.25) is 0 Å². The van der Waals surface area contributed by atoms with Gasteiger partial charge in [0.2, 0.25) is 5.75 Å². The van der Waals surface area contributed by atoms with Crippen LogP contribution in [0.15, 0.2) is 60.8 Å². The van der Waals surface area contributed by atoms with Crippen LogP contribution in [0.1, 0.15) is 22.4 Å². The second-order valence-electron chi connectivity index (χ2n) is 8.67. The van der Waals surface area contributed by atoms with Crippen LogP contribution in [0.5, 0.6) is 5.75 Å². The number of nitrogen functional groups attached to an aromatic ring is 2. The highest BCUT2D eigenvalue weighted by atomic mass is 19.4. The van der Waals surface area contributed by atoms with Crippen molar-refractivity contribution < 1.29 is 31.5 Å². The molecule has 10 nitrogen and oxygen atoms in total. The molecular formula is C26H19F5N8O2. The van der Waals surface area contributed by atoms with E-state index in [9.17, 15) is 26.7 Å². The number of carbonyl (C=O) groups is 1. The van der Waals surface area contributed by atoms with Crippen LogP contribution in [0, 0.1) is 11.6 Å². The summed E-state index contributed by atoms with van der Waals surface area (Å²) in [6, 6.07) is 11.9. The van der Waals surface area contributed by atoms with Gasteiger partial charge < -0.3 is 21.5 Å². The molecule has 5 aromatic rings. The molecule has 3 aromatic heterocycles. The van der Waals surface area contributed by atoms with Crippen molar-refractivity contribution in [3.8, 4) is 11.7 Å². The normalized spacial score (nSPS) is 11.5. The summed E-state index contributed by atoms with van der Waals surface area (Å²) in [5.41, 5.74) is 11.8. The number of nitrogens with zero attached hydrogens (tertiary/aromatic N) is 5. The maximum atomic E-state index is 14.3. The van der Waals surface area contributed by atoms with Crippen LogP contribution in [0.25, 0.3) is 17.0 Å². The van der Waals surface area contributed by atoms with E-state index >= 15 is 0 Å². The number of amides is 1. The van der Waals surface area contributed by atoms with Crippen molar-refractivity contribution in [2.75, 3.05) is 11.5 Å². The van der Waals surface area contributed by atoms with Crippen LogP contribution >= 0.6 is 0 Å². The summed E-state index contributed by atoms with van der Waals surface area (Å²) in [6.07, 6.45) is -4.80. The highest BCUT2D eigenvalue weighted by Crippen LogP contribution is 2.32. The van der Waals surface area contributed by atoms with Crippen molar-refractivity contribution >= 4 is 28.8 Å². The van der Waals surface area contributed by atoms with Crippen LogP contribution in [0.2, 0.25) is 0 Å². The van der Waals surface area contributed by atoms with E-state index in [1.807, 2.05) is 0 Å². The number of alkyl halides is 3. The van der Waals surface area contributed by atoms with Gasteiger partial charge in [-0.25, -0.2) is 18.6 Å². The Hall–Kier alpha value is -5.34. The fourth-order valence-electron chi connectivity index (χ4n) is 4.05. The molecule has 0 aliphatic carbocycles. The number of aromatic nitrogens is 5. The number of benzene rings is 2. The van der Waals surface area contributed by atoms with E-state index in [1.165, 1.54) is 30.3 Å². The lowest BCUT2D eigenvalue weighted by molar-refractivity contribution is -0.138. The topological polar surface area (TPSA) is 147 Å². The molecule has 0 fully saturated rings. The first kappa shape index (κ1) is 27.2. The number of fused-ring (bicyclic) bond motifs is 1. The van der Waals surface area contributed by atoms with Crippen LogP contribution < -0.4 is 21.5 Å². The lowest BCUT2D eigenvalue weighted by atomic mass is 10.1. The molecule has 0 spiro atoms. The Morgan fingerprint density at radius 2 is 1.63 bits per heavy atom. The standard InChI is InChI=1S/C26H19F5N8O2/c27-15-10-19-20(34-12-15)18(9-13-5-2-4-8-17(13)28)38-39(19)24-36-22(32)21(23(33)37-24)41-25(40)35-11-14-6-1-3-7-16(14)26(29,30)31/h1-8,10,12H,9,11H2,(H,35,40)(H4,32,33,36,37). The molecule has 5 N–H and O–H groups in total. The largest absolute Gasteiger partial charge is 0.416 e. The summed E-state index contributed by atoms with van der Waals surface area (Å²) >= 11 is 0. The van der Waals surface area contributed by atoms with Gasteiger partial charge >= 0.3 is 12.3 Å². The van der Waals surface area contributed by atoms with Gasteiger partial charge in [-0.05, 0) is 23.3 Å². The summed E-state index contributed by atoms with van der Waals surface area (Å²) < 4.78 is 74.2. The fraction of sp³-hybridized carbons (Fsp3) is 0.115. The van der Waals surface area contributed by atoms with Gasteiger partial charge in [0.1, 0.15) is 17.2 Å². The van der Waals surface area contributed by atoms with Gasteiger partial charge in [-0.1, -0.05) is 36.4 Å². The van der Waals surface area contributed by atoms with E-state index < -0.39 is 53.4 Å². The number of nitrogens with two attached hydrogens (primary N) is 2. The lowest BCUT2D eigenvalue weighted by Gasteiger charge is -2.14. The van der Waals surface area contributed by atoms with Gasteiger partial charge in [-0.2, -0.15) is 32.9 Å². The van der Waals surface area contributed by atoms with Crippen molar-refractivity contribution in [1.82, 2.24) is 30.0 Å². The molecule has 5 rings (SSSR count). The number of pyridine rings is 1. The zero-order valence-electron chi connectivity index (χ0n) is 20.8. The van der Waals surface area contributed by atoms with E-state index in [4.69, 9.17) is 16.2 Å². The molecule has 0 radical (unpaired) electrons. The minimum atomic E-state index is -4.62. The molecule has 3 heterocycles. The fourth-order valence-corrected chi connectivity index (χ4v) is 4.05. The van der Waals surface area contributed by atoms with E-state index in [0.717, 1.165) is 23.0 Å². The molecule has 0 saturated carbocycles. The Labute approximate surface area is 227 Å². The summed E-state index contributed by atoms with van der Waals surface area (Å²) in [5.74, 6) is -2.68. The second-order valence-corrected chi connectivity index (χ2v) is 8.67. The first-order chi connectivity index (χ1) is 19.5. The van der Waals surface area contributed by atoms with Crippen molar-refractivity contribution in [3.05, 3.63) is 94.8 Å². The number of nitrogens with one attached hydrogen (secondary N) is 1. The monoisotopic (exact) mass is 570 g/mol. The van der Waals surface area contributed by atoms with Crippen molar-refractivity contribution in [1.29, 1.82) is 0 Å². The number of anilines is 2. The predicted octanol–water partition coefficient (Wildman–Crippen LogP) is 4.55. The average Bonchev–Trinajstić information content (AvgIpc) is 3.27. The lowest BCUT2D eigenvalue weighted by Crippen LogP contribution is -2.28. The van der Waals surface area contributed by atoms with Crippen molar-refractivity contribution in [2.45, 2.75) is 19.1 Å². The van der Waals surface area contributed by atoms with Crippen LogP contribution in [-0.2, 0) is 19.1 Å². The molecule has 0 unspecified atom stereocenters. The quantitative estimate of drug-likeness (QED) is 0.252. The molecule has 0 aliphatic heterocycles. The average molecular weight is 570 g/mol. The number of ether oxygens (including phenoxy) is 1. The Bertz CT molecular complexity index is 1750. The maximum absolute atomic E-state index is 14.3. The molecule has 15 heteroatoms. The number of halogens is 5. The second kappa shape index (κ2) is 10.7. The van der Waals surface area contributed by atoms with Gasteiger partial charge in [0.25, 0.3) is 5.95 Å². The van der Waals surface area contributed by atoms with Gasteiger partial charge in [0.15, 0.2) is 11.6 Å². The van der Waals surface area contributed by atoms with Crippen LogP contribution in [-0.4, -0.2) is 30.8 Å².